The molecule has 1 fully saturated rings. The van der Waals surface area contributed by atoms with Crippen molar-refractivity contribution in [3.05, 3.63) is 0 Å². The summed E-state index contributed by atoms with van der Waals surface area (Å²) in [5.74, 6) is 0.332. The molecule has 62 valence electrons. The Kier molecular flexibility index (Phi) is 2.93. The SMILES string of the molecule is COC(=O)C1CCC(=O)SC1. The largest absolute Gasteiger partial charge is 0.469 e. The van der Waals surface area contributed by atoms with Gasteiger partial charge in [-0.25, -0.2) is 0 Å². The maximum Gasteiger partial charge on any atom is 0.309 e. The Balaban J connectivity index is 2.39. The van der Waals surface area contributed by atoms with Gasteiger partial charge < -0.3 is 4.74 Å². The van der Waals surface area contributed by atoms with E-state index < -0.39 is 0 Å². The van der Waals surface area contributed by atoms with E-state index in [9.17, 15) is 9.59 Å². The van der Waals surface area contributed by atoms with Gasteiger partial charge in [0.1, 0.15) is 0 Å². The van der Waals surface area contributed by atoms with Gasteiger partial charge in [0.25, 0.3) is 0 Å². The second-order valence-electron chi connectivity index (χ2n) is 2.44. The summed E-state index contributed by atoms with van der Waals surface area (Å²) < 4.78 is 4.56. The van der Waals surface area contributed by atoms with Crippen LogP contribution in [0.25, 0.3) is 0 Å². The summed E-state index contributed by atoms with van der Waals surface area (Å²) in [5, 5.41) is 0.185. The summed E-state index contributed by atoms with van der Waals surface area (Å²) >= 11 is 1.23. The van der Waals surface area contributed by atoms with Crippen molar-refractivity contribution in [1.29, 1.82) is 0 Å². The highest BCUT2D eigenvalue weighted by molar-refractivity contribution is 8.13. The predicted molar refractivity (Wildman–Crippen MR) is 42.2 cm³/mol. The van der Waals surface area contributed by atoms with Crippen molar-refractivity contribution in [2.45, 2.75) is 12.8 Å². The Hall–Kier alpha value is -0.510. The summed E-state index contributed by atoms with van der Waals surface area (Å²) in [6, 6.07) is 0. The van der Waals surface area contributed by atoms with Crippen LogP contribution in [0.4, 0.5) is 0 Å². The second kappa shape index (κ2) is 3.76. The zero-order valence-electron chi connectivity index (χ0n) is 6.33. The standard InChI is InChI=1S/C7H10O3S/c1-10-7(9)5-2-3-6(8)11-4-5/h5H,2-4H2,1H3. The van der Waals surface area contributed by atoms with Crippen LogP contribution in [0.3, 0.4) is 0 Å². The van der Waals surface area contributed by atoms with Crippen molar-refractivity contribution in [2.24, 2.45) is 5.92 Å². The fourth-order valence-corrected chi connectivity index (χ4v) is 1.95. The van der Waals surface area contributed by atoms with Crippen LogP contribution in [0, 0.1) is 5.92 Å². The molecule has 0 aromatic heterocycles. The lowest BCUT2D eigenvalue weighted by Crippen LogP contribution is -2.23. The molecule has 1 aliphatic rings. The van der Waals surface area contributed by atoms with Crippen molar-refractivity contribution in [2.75, 3.05) is 12.9 Å². The molecule has 0 radical (unpaired) electrons. The number of carbonyl (C=O) groups is 2. The Morgan fingerprint density at radius 1 is 1.73 bits per heavy atom. The van der Waals surface area contributed by atoms with Gasteiger partial charge in [-0.05, 0) is 6.42 Å². The Morgan fingerprint density at radius 2 is 2.45 bits per heavy atom. The minimum absolute atomic E-state index is 0.0669. The molecule has 3 nitrogen and oxygen atoms in total. The van der Waals surface area contributed by atoms with Crippen molar-refractivity contribution >= 4 is 22.8 Å². The quantitative estimate of drug-likeness (QED) is 0.552. The maximum absolute atomic E-state index is 10.9. The highest BCUT2D eigenvalue weighted by Gasteiger charge is 2.25. The smallest absolute Gasteiger partial charge is 0.309 e. The number of thioether (sulfide) groups is 1. The summed E-state index contributed by atoms with van der Waals surface area (Å²) in [7, 11) is 1.38. The van der Waals surface area contributed by atoms with Gasteiger partial charge in [0.15, 0.2) is 5.12 Å². The maximum atomic E-state index is 10.9. The molecule has 4 heteroatoms. The third-order valence-electron chi connectivity index (χ3n) is 1.68. The van der Waals surface area contributed by atoms with Crippen LogP contribution < -0.4 is 0 Å². The highest BCUT2D eigenvalue weighted by Crippen LogP contribution is 2.24. The molecule has 0 aromatic carbocycles. The van der Waals surface area contributed by atoms with Crippen LogP contribution in [0.15, 0.2) is 0 Å². The molecular weight excluding hydrogens is 164 g/mol. The first-order valence-electron chi connectivity index (χ1n) is 3.47. The van der Waals surface area contributed by atoms with Crippen LogP contribution in [0.1, 0.15) is 12.8 Å². The Morgan fingerprint density at radius 3 is 2.91 bits per heavy atom. The molecule has 1 unspecified atom stereocenters. The third kappa shape index (κ3) is 2.22. The monoisotopic (exact) mass is 174 g/mol. The van der Waals surface area contributed by atoms with Gasteiger partial charge in [-0.2, -0.15) is 0 Å². The molecule has 1 aliphatic heterocycles. The Labute approximate surface area is 69.5 Å². The average molecular weight is 174 g/mol. The predicted octanol–water partition coefficient (Wildman–Crippen LogP) is 0.829. The average Bonchev–Trinajstić information content (AvgIpc) is 2.05. The topological polar surface area (TPSA) is 43.4 Å². The number of carbonyl (C=O) groups excluding carboxylic acids is 2. The van der Waals surface area contributed by atoms with E-state index in [2.05, 4.69) is 4.74 Å². The molecule has 0 spiro atoms. The molecular formula is C7H10O3S. The molecule has 0 aromatic rings. The number of ether oxygens (including phenoxy) is 1. The van der Waals surface area contributed by atoms with E-state index in [-0.39, 0.29) is 17.0 Å². The van der Waals surface area contributed by atoms with Crippen molar-refractivity contribution in [3.8, 4) is 0 Å². The molecule has 0 amide bonds. The Bertz CT molecular complexity index is 169. The summed E-state index contributed by atoms with van der Waals surface area (Å²) in [4.78, 5) is 21.7. The fraction of sp³-hybridized carbons (Fsp3) is 0.714. The van der Waals surface area contributed by atoms with E-state index in [1.165, 1.54) is 18.9 Å². The lowest BCUT2D eigenvalue weighted by molar-refractivity contribution is -0.145. The van der Waals surface area contributed by atoms with Crippen molar-refractivity contribution in [3.63, 3.8) is 0 Å². The number of hydrogen-bond acceptors (Lipinski definition) is 4. The first kappa shape index (κ1) is 8.59. The van der Waals surface area contributed by atoms with Crippen molar-refractivity contribution in [1.82, 2.24) is 0 Å². The lowest BCUT2D eigenvalue weighted by Gasteiger charge is -2.17. The van der Waals surface area contributed by atoms with Gasteiger partial charge in [-0.15, -0.1) is 0 Å². The molecule has 1 heterocycles. The van der Waals surface area contributed by atoms with Gasteiger partial charge in [0, 0.05) is 12.2 Å². The van der Waals surface area contributed by atoms with E-state index in [1.54, 1.807) is 0 Å². The van der Waals surface area contributed by atoms with Crippen LogP contribution in [0.2, 0.25) is 0 Å². The van der Waals surface area contributed by atoms with E-state index in [0.29, 0.717) is 18.6 Å². The third-order valence-corrected chi connectivity index (χ3v) is 2.77. The minimum atomic E-state index is -0.190. The summed E-state index contributed by atoms with van der Waals surface area (Å²) in [5.41, 5.74) is 0. The van der Waals surface area contributed by atoms with Crippen LogP contribution in [-0.4, -0.2) is 23.9 Å². The molecule has 0 aliphatic carbocycles. The van der Waals surface area contributed by atoms with E-state index in [0.717, 1.165) is 0 Å². The van der Waals surface area contributed by atoms with Crippen LogP contribution >= 0.6 is 11.8 Å². The van der Waals surface area contributed by atoms with Crippen LogP contribution in [-0.2, 0) is 14.3 Å². The molecule has 1 saturated heterocycles. The molecule has 1 atom stereocenters. The summed E-state index contributed by atoms with van der Waals surface area (Å²) in [6.45, 7) is 0. The number of hydrogen-bond donors (Lipinski definition) is 0. The van der Waals surface area contributed by atoms with Crippen molar-refractivity contribution < 1.29 is 14.3 Å². The molecule has 11 heavy (non-hydrogen) atoms. The minimum Gasteiger partial charge on any atom is -0.469 e. The number of esters is 1. The normalized spacial score (nSPS) is 24.8. The second-order valence-corrected chi connectivity index (χ2v) is 3.52. The zero-order valence-corrected chi connectivity index (χ0v) is 7.15. The first-order chi connectivity index (χ1) is 5.24. The van der Waals surface area contributed by atoms with Gasteiger partial charge >= 0.3 is 5.97 Å². The number of rotatable bonds is 1. The van der Waals surface area contributed by atoms with Gasteiger partial charge in [-0.1, -0.05) is 11.8 Å². The zero-order chi connectivity index (χ0) is 8.27. The highest BCUT2D eigenvalue weighted by atomic mass is 32.2. The lowest BCUT2D eigenvalue weighted by atomic mass is 10.1. The molecule has 0 saturated carbocycles. The number of methoxy groups -OCH3 is 1. The van der Waals surface area contributed by atoms with E-state index in [1.807, 2.05) is 0 Å². The van der Waals surface area contributed by atoms with Gasteiger partial charge in [-0.3, -0.25) is 9.59 Å². The van der Waals surface area contributed by atoms with Gasteiger partial charge in [0.05, 0.1) is 13.0 Å². The van der Waals surface area contributed by atoms with E-state index in [4.69, 9.17) is 0 Å². The molecule has 0 bridgehead atoms. The summed E-state index contributed by atoms with van der Waals surface area (Å²) in [6.07, 6.45) is 1.16. The fourth-order valence-electron chi connectivity index (χ4n) is 0.994. The molecule has 1 rings (SSSR count). The molecule has 0 N–H and O–H groups in total. The van der Waals surface area contributed by atoms with E-state index >= 15 is 0 Å². The van der Waals surface area contributed by atoms with Crippen LogP contribution in [0.5, 0.6) is 0 Å². The first-order valence-corrected chi connectivity index (χ1v) is 4.46. The van der Waals surface area contributed by atoms with Gasteiger partial charge in [0.2, 0.25) is 0 Å².